The summed E-state index contributed by atoms with van der Waals surface area (Å²) in [6.07, 6.45) is -0.939. The molecule has 0 aromatic carbocycles. The summed E-state index contributed by atoms with van der Waals surface area (Å²) in [6, 6.07) is 4.87. The molecule has 25 heavy (non-hydrogen) atoms. The molecule has 1 aliphatic carbocycles. The van der Waals surface area contributed by atoms with E-state index in [0.717, 1.165) is 23.8 Å². The normalized spacial score (nSPS) is 18.5. The van der Waals surface area contributed by atoms with Crippen molar-refractivity contribution in [2.75, 3.05) is 36.0 Å². The fraction of sp³-hybridized carbons (Fsp3) is 0.500. The van der Waals surface area contributed by atoms with E-state index in [1.54, 1.807) is 4.90 Å². The fourth-order valence-electron chi connectivity index (χ4n) is 2.90. The summed E-state index contributed by atoms with van der Waals surface area (Å²) in [5.74, 6) is 1.48. The van der Waals surface area contributed by atoms with E-state index in [0.29, 0.717) is 32.1 Å². The Hall–Kier alpha value is -2.45. The van der Waals surface area contributed by atoms with Gasteiger partial charge in [-0.3, -0.25) is 0 Å². The van der Waals surface area contributed by atoms with Crippen LogP contribution in [0.4, 0.5) is 24.9 Å². The van der Waals surface area contributed by atoms with Crippen LogP contribution in [0, 0.1) is 0 Å². The van der Waals surface area contributed by atoms with Crippen LogP contribution in [0.3, 0.4) is 0 Å². The van der Waals surface area contributed by atoms with Crippen LogP contribution in [0.25, 0.3) is 0 Å². The van der Waals surface area contributed by atoms with Gasteiger partial charge in [-0.2, -0.15) is 18.3 Å². The molecule has 0 unspecified atom stereocenters. The van der Waals surface area contributed by atoms with Crippen LogP contribution in [0.1, 0.15) is 30.1 Å². The number of hydrogen-bond donors (Lipinski definition) is 0. The zero-order valence-electron chi connectivity index (χ0n) is 13.4. The molecular weight excluding hydrogens is 333 g/mol. The maximum atomic E-state index is 12.8. The fourth-order valence-corrected chi connectivity index (χ4v) is 2.90. The van der Waals surface area contributed by atoms with Gasteiger partial charge in [0, 0.05) is 38.3 Å². The second-order valence-corrected chi connectivity index (χ2v) is 6.30. The average Bonchev–Trinajstić information content (AvgIpc) is 3.47. The van der Waals surface area contributed by atoms with Crippen molar-refractivity contribution in [1.29, 1.82) is 0 Å². The first-order valence-electron chi connectivity index (χ1n) is 8.24. The summed E-state index contributed by atoms with van der Waals surface area (Å²) < 4.78 is 38.3. The first-order valence-corrected chi connectivity index (χ1v) is 8.24. The maximum absolute atomic E-state index is 12.8. The van der Waals surface area contributed by atoms with Crippen molar-refractivity contribution >= 4 is 11.8 Å². The molecule has 4 rings (SSSR count). The van der Waals surface area contributed by atoms with Gasteiger partial charge in [-0.25, -0.2) is 9.97 Å². The van der Waals surface area contributed by atoms with E-state index in [-0.39, 0.29) is 5.95 Å². The van der Waals surface area contributed by atoms with Gasteiger partial charge in [0.25, 0.3) is 0 Å². The summed E-state index contributed by atoms with van der Waals surface area (Å²) in [5.41, 5.74) is 0.126. The van der Waals surface area contributed by atoms with Gasteiger partial charge >= 0.3 is 6.18 Å². The highest BCUT2D eigenvalue weighted by Gasteiger charge is 2.33. The number of nitrogens with zero attached hydrogens (tertiary/aromatic N) is 6. The first kappa shape index (κ1) is 16.0. The Bertz CT molecular complexity index is 736. The zero-order chi connectivity index (χ0) is 17.4. The van der Waals surface area contributed by atoms with Gasteiger partial charge in [-0.1, -0.05) is 0 Å². The Morgan fingerprint density at radius 2 is 1.64 bits per heavy atom. The molecule has 0 radical (unpaired) electrons. The Kier molecular flexibility index (Phi) is 3.93. The highest BCUT2D eigenvalue weighted by molar-refractivity contribution is 5.42. The average molecular weight is 350 g/mol. The van der Waals surface area contributed by atoms with Crippen LogP contribution >= 0.6 is 0 Å². The van der Waals surface area contributed by atoms with Gasteiger partial charge in [0.15, 0.2) is 5.82 Å². The van der Waals surface area contributed by atoms with Crippen molar-refractivity contribution < 1.29 is 13.2 Å². The molecule has 1 aliphatic heterocycles. The molecule has 0 spiro atoms. The Morgan fingerprint density at radius 1 is 0.920 bits per heavy atom. The molecule has 0 atom stereocenters. The minimum absolute atomic E-state index is 0.115. The van der Waals surface area contributed by atoms with Crippen molar-refractivity contribution in [3.8, 4) is 0 Å². The van der Waals surface area contributed by atoms with Crippen LogP contribution in [-0.2, 0) is 6.18 Å². The number of halogens is 3. The largest absolute Gasteiger partial charge is 0.433 e. The Labute approximate surface area is 142 Å². The monoisotopic (exact) mass is 350 g/mol. The summed E-state index contributed by atoms with van der Waals surface area (Å²) in [7, 11) is 0. The molecule has 2 aromatic heterocycles. The lowest BCUT2D eigenvalue weighted by Crippen LogP contribution is -2.47. The van der Waals surface area contributed by atoms with Crippen LogP contribution < -0.4 is 9.80 Å². The third-order valence-corrected chi connectivity index (χ3v) is 4.49. The molecule has 0 bridgehead atoms. The quantitative estimate of drug-likeness (QED) is 0.848. The van der Waals surface area contributed by atoms with Crippen molar-refractivity contribution in [3.63, 3.8) is 0 Å². The van der Waals surface area contributed by atoms with Gasteiger partial charge < -0.3 is 9.80 Å². The summed E-state index contributed by atoms with van der Waals surface area (Å²) in [4.78, 5) is 11.5. The maximum Gasteiger partial charge on any atom is 0.433 e. The van der Waals surface area contributed by atoms with E-state index in [1.807, 2.05) is 12.1 Å². The number of aromatic nitrogens is 4. The van der Waals surface area contributed by atoms with E-state index in [9.17, 15) is 13.2 Å². The minimum Gasteiger partial charge on any atom is -0.352 e. The summed E-state index contributed by atoms with van der Waals surface area (Å²) in [5, 5.41) is 8.56. The number of rotatable bonds is 3. The van der Waals surface area contributed by atoms with Crippen LogP contribution in [0.15, 0.2) is 24.4 Å². The van der Waals surface area contributed by atoms with Gasteiger partial charge in [0.2, 0.25) is 5.95 Å². The SMILES string of the molecule is FC(F)(F)c1ccnc(N2CCN(c3ccc(C4CC4)nn3)CC2)n1. The van der Waals surface area contributed by atoms with E-state index in [1.165, 1.54) is 12.8 Å². The van der Waals surface area contributed by atoms with Crippen molar-refractivity contribution in [2.45, 2.75) is 24.9 Å². The number of anilines is 2. The zero-order valence-corrected chi connectivity index (χ0v) is 13.4. The molecule has 2 aromatic rings. The third kappa shape index (κ3) is 3.49. The number of alkyl halides is 3. The van der Waals surface area contributed by atoms with Crippen LogP contribution in [-0.4, -0.2) is 46.3 Å². The standard InChI is InChI=1S/C16H17F3N6/c17-16(18,19)13-5-6-20-15(21-13)25-9-7-24(8-10-25)14-4-3-12(22-23-14)11-1-2-11/h3-6,11H,1-2,7-10H2. The molecule has 9 heteroatoms. The van der Waals surface area contributed by atoms with Gasteiger partial charge in [0.05, 0.1) is 5.69 Å². The molecule has 0 amide bonds. The molecular formula is C16H17F3N6. The lowest BCUT2D eigenvalue weighted by Gasteiger charge is -2.35. The first-order chi connectivity index (χ1) is 12.0. The molecule has 1 saturated heterocycles. The Balaban J connectivity index is 1.41. The second-order valence-electron chi connectivity index (χ2n) is 6.30. The molecule has 2 fully saturated rings. The van der Waals surface area contributed by atoms with E-state index in [2.05, 4.69) is 25.1 Å². The lowest BCUT2D eigenvalue weighted by atomic mass is 10.2. The van der Waals surface area contributed by atoms with Gasteiger partial charge in [-0.05, 0) is 31.0 Å². The highest BCUT2D eigenvalue weighted by Crippen LogP contribution is 2.38. The molecule has 132 valence electrons. The van der Waals surface area contributed by atoms with Crippen molar-refractivity contribution in [2.24, 2.45) is 0 Å². The van der Waals surface area contributed by atoms with Crippen molar-refractivity contribution in [1.82, 2.24) is 20.2 Å². The lowest BCUT2D eigenvalue weighted by molar-refractivity contribution is -0.141. The Morgan fingerprint density at radius 3 is 2.24 bits per heavy atom. The molecule has 3 heterocycles. The van der Waals surface area contributed by atoms with Crippen molar-refractivity contribution in [3.05, 3.63) is 35.8 Å². The van der Waals surface area contributed by atoms with Gasteiger partial charge in [-0.15, -0.1) is 5.10 Å². The topological polar surface area (TPSA) is 58.0 Å². The number of hydrogen-bond acceptors (Lipinski definition) is 6. The predicted molar refractivity (Wildman–Crippen MR) is 85.5 cm³/mol. The highest BCUT2D eigenvalue weighted by atomic mass is 19.4. The molecule has 2 aliphatic rings. The van der Waals surface area contributed by atoms with E-state index in [4.69, 9.17) is 0 Å². The minimum atomic E-state index is -4.46. The molecule has 6 nitrogen and oxygen atoms in total. The number of piperazine rings is 1. The van der Waals surface area contributed by atoms with Crippen LogP contribution in [0.2, 0.25) is 0 Å². The van der Waals surface area contributed by atoms with E-state index >= 15 is 0 Å². The molecule has 0 N–H and O–H groups in total. The smallest absolute Gasteiger partial charge is 0.352 e. The van der Waals surface area contributed by atoms with Gasteiger partial charge in [0.1, 0.15) is 5.69 Å². The van der Waals surface area contributed by atoms with E-state index < -0.39 is 11.9 Å². The van der Waals surface area contributed by atoms with Crippen LogP contribution in [0.5, 0.6) is 0 Å². The summed E-state index contributed by atoms with van der Waals surface area (Å²) >= 11 is 0. The second kappa shape index (κ2) is 6.12. The summed E-state index contributed by atoms with van der Waals surface area (Å²) in [6.45, 7) is 2.34. The third-order valence-electron chi connectivity index (χ3n) is 4.49. The predicted octanol–water partition coefficient (Wildman–Crippen LogP) is 2.49. The molecule has 1 saturated carbocycles.